The molecule has 4 heterocycles. The number of hydrogen-bond donors (Lipinski definition) is 1. The van der Waals surface area contributed by atoms with E-state index in [0.717, 1.165) is 28.0 Å². The van der Waals surface area contributed by atoms with Crippen molar-refractivity contribution in [1.82, 2.24) is 14.2 Å². The summed E-state index contributed by atoms with van der Waals surface area (Å²) in [6, 6.07) is 6.45. The number of carbonyl (C=O) groups is 2. The second-order valence-corrected chi connectivity index (χ2v) is 14.5. The maximum Gasteiger partial charge on any atom is 0.256 e. The molecule has 0 radical (unpaired) electrons. The molecule has 204 valence electrons. The fourth-order valence-corrected chi connectivity index (χ4v) is 8.11. The lowest BCUT2D eigenvalue weighted by Gasteiger charge is -2.36. The van der Waals surface area contributed by atoms with Crippen molar-refractivity contribution < 1.29 is 23.1 Å². The number of aliphatic imine (C=N–C) groups is 1. The first-order chi connectivity index (χ1) is 17.7. The summed E-state index contributed by atoms with van der Waals surface area (Å²) in [5.41, 5.74) is 3.76. The molecular weight excluding hydrogens is 524 g/mol. The zero-order chi connectivity index (χ0) is 27.6. The van der Waals surface area contributed by atoms with Gasteiger partial charge in [-0.25, -0.2) is 18.4 Å². The lowest BCUT2D eigenvalue weighted by atomic mass is 9.78. The number of aliphatic hydroxyl groups is 1. The molecule has 4 atom stereocenters. The van der Waals surface area contributed by atoms with Gasteiger partial charge in [0.1, 0.15) is 6.04 Å². The number of likely N-dealkylation sites (tertiary alicyclic amines) is 1. The lowest BCUT2D eigenvalue weighted by Crippen LogP contribution is -2.54. The molecule has 0 aliphatic carbocycles. The van der Waals surface area contributed by atoms with E-state index in [1.54, 1.807) is 16.2 Å². The quantitative estimate of drug-likeness (QED) is 0.603. The number of aromatic nitrogens is 1. The van der Waals surface area contributed by atoms with Crippen molar-refractivity contribution in [3.63, 3.8) is 0 Å². The molecule has 3 aliphatic heterocycles. The second-order valence-electron chi connectivity index (χ2n) is 11.7. The maximum absolute atomic E-state index is 13.9. The summed E-state index contributed by atoms with van der Waals surface area (Å²) >= 11 is 1.57. The molecular formula is C27H34N4O5S2. The summed E-state index contributed by atoms with van der Waals surface area (Å²) in [7, 11) is -3.60. The van der Waals surface area contributed by atoms with E-state index in [-0.39, 0.29) is 31.3 Å². The molecule has 0 saturated carbocycles. The highest BCUT2D eigenvalue weighted by Gasteiger charge is 2.54. The molecule has 0 bridgehead atoms. The van der Waals surface area contributed by atoms with E-state index in [0.29, 0.717) is 18.6 Å². The van der Waals surface area contributed by atoms with Crippen LogP contribution in [0.3, 0.4) is 0 Å². The van der Waals surface area contributed by atoms with E-state index in [1.165, 1.54) is 4.31 Å². The zero-order valence-electron chi connectivity index (χ0n) is 22.3. The largest absolute Gasteiger partial charge is 0.391 e. The van der Waals surface area contributed by atoms with Crippen LogP contribution < -0.4 is 0 Å². The molecule has 3 aliphatic rings. The minimum absolute atomic E-state index is 0.0838. The summed E-state index contributed by atoms with van der Waals surface area (Å²) in [6.45, 7) is 7.98. The van der Waals surface area contributed by atoms with Crippen LogP contribution in [0.15, 0.2) is 34.8 Å². The Labute approximate surface area is 227 Å². The monoisotopic (exact) mass is 558 g/mol. The first kappa shape index (κ1) is 27.1. The predicted octanol–water partition coefficient (Wildman–Crippen LogP) is 2.77. The second kappa shape index (κ2) is 9.32. The van der Waals surface area contributed by atoms with E-state index in [1.807, 2.05) is 57.5 Å². The van der Waals surface area contributed by atoms with E-state index >= 15 is 0 Å². The number of β-amino-alcohol motifs (C(OH)–C–C–N with tert-alkyl or cyclic N) is 1. The van der Waals surface area contributed by atoms with Crippen LogP contribution in [0, 0.1) is 12.3 Å². The number of benzene rings is 1. The maximum atomic E-state index is 13.9. The molecule has 1 aromatic carbocycles. The van der Waals surface area contributed by atoms with Crippen LogP contribution in [-0.4, -0.2) is 82.8 Å². The average molecular weight is 559 g/mol. The van der Waals surface area contributed by atoms with Crippen LogP contribution in [0.2, 0.25) is 0 Å². The Morgan fingerprint density at radius 1 is 1.18 bits per heavy atom. The number of hydrogen-bond acceptors (Lipinski definition) is 7. The molecule has 2 saturated heterocycles. The normalized spacial score (nSPS) is 29.7. The van der Waals surface area contributed by atoms with E-state index in [4.69, 9.17) is 0 Å². The molecule has 9 nitrogen and oxygen atoms in total. The van der Waals surface area contributed by atoms with Crippen LogP contribution in [0.25, 0.3) is 10.4 Å². The summed E-state index contributed by atoms with van der Waals surface area (Å²) in [5, 5.41) is 10.6. The van der Waals surface area contributed by atoms with Gasteiger partial charge in [-0.1, -0.05) is 38.1 Å². The number of nitrogens with zero attached hydrogens (tertiary/aromatic N) is 4. The number of carbonyl (C=O) groups excluding carboxylic acids is 2. The van der Waals surface area contributed by atoms with Gasteiger partial charge in [0.15, 0.2) is 0 Å². The van der Waals surface area contributed by atoms with Gasteiger partial charge in [0, 0.05) is 31.6 Å². The Bertz CT molecular complexity index is 1420. The number of amides is 2. The zero-order valence-corrected chi connectivity index (χ0v) is 24.0. The van der Waals surface area contributed by atoms with Gasteiger partial charge in [-0.3, -0.25) is 9.59 Å². The predicted molar refractivity (Wildman–Crippen MR) is 147 cm³/mol. The Hall–Kier alpha value is -2.47. The van der Waals surface area contributed by atoms with Gasteiger partial charge in [0.25, 0.3) is 5.91 Å². The fourth-order valence-electron chi connectivity index (χ4n) is 6.12. The van der Waals surface area contributed by atoms with Crippen molar-refractivity contribution in [1.29, 1.82) is 0 Å². The summed E-state index contributed by atoms with van der Waals surface area (Å²) in [5.74, 6) is -0.616. The molecule has 1 aromatic heterocycles. The van der Waals surface area contributed by atoms with Crippen LogP contribution in [0.5, 0.6) is 0 Å². The molecule has 2 aromatic rings. The molecule has 5 rings (SSSR count). The molecule has 11 heteroatoms. The molecule has 2 amide bonds. The molecule has 1 N–H and O–H groups in total. The summed E-state index contributed by atoms with van der Waals surface area (Å²) in [6.07, 6.45) is 1.51. The Morgan fingerprint density at radius 3 is 2.47 bits per heavy atom. The smallest absolute Gasteiger partial charge is 0.256 e. The average Bonchev–Trinajstić information content (AvgIpc) is 3.59. The molecule has 38 heavy (non-hydrogen) atoms. The highest BCUT2D eigenvalue weighted by Crippen LogP contribution is 2.42. The van der Waals surface area contributed by atoms with Crippen LogP contribution >= 0.6 is 11.3 Å². The van der Waals surface area contributed by atoms with Gasteiger partial charge in [-0.15, -0.1) is 11.3 Å². The van der Waals surface area contributed by atoms with Crippen molar-refractivity contribution in [2.24, 2.45) is 10.4 Å². The Morgan fingerprint density at radius 2 is 1.87 bits per heavy atom. The summed E-state index contributed by atoms with van der Waals surface area (Å²) < 4.78 is 26.3. The number of aryl methyl sites for hydroxylation is 1. The number of aliphatic hydroxyl groups excluding tert-OH is 1. The minimum Gasteiger partial charge on any atom is -0.391 e. The van der Waals surface area contributed by atoms with Gasteiger partial charge in [0.2, 0.25) is 15.9 Å². The number of sulfonamides is 1. The van der Waals surface area contributed by atoms with Crippen LogP contribution in [-0.2, 0) is 25.0 Å². The van der Waals surface area contributed by atoms with Gasteiger partial charge in [0.05, 0.1) is 39.9 Å². The highest BCUT2D eigenvalue weighted by molar-refractivity contribution is 7.88. The van der Waals surface area contributed by atoms with E-state index in [9.17, 15) is 23.1 Å². The lowest BCUT2D eigenvalue weighted by molar-refractivity contribution is -0.137. The van der Waals surface area contributed by atoms with Crippen molar-refractivity contribution in [2.45, 2.75) is 70.6 Å². The minimum atomic E-state index is -3.60. The third-order valence-corrected chi connectivity index (χ3v) is 10.6. The molecule has 2 fully saturated rings. The molecule has 0 unspecified atom stereocenters. The molecule has 0 spiro atoms. The van der Waals surface area contributed by atoms with Gasteiger partial charge in [-0.2, -0.15) is 4.31 Å². The topological polar surface area (TPSA) is 120 Å². The van der Waals surface area contributed by atoms with Crippen LogP contribution in [0.4, 0.5) is 0 Å². The third kappa shape index (κ3) is 4.53. The summed E-state index contributed by atoms with van der Waals surface area (Å²) in [4.78, 5) is 38.5. The van der Waals surface area contributed by atoms with E-state index < -0.39 is 39.0 Å². The van der Waals surface area contributed by atoms with E-state index in [2.05, 4.69) is 9.98 Å². The third-order valence-electron chi connectivity index (χ3n) is 8.39. The van der Waals surface area contributed by atoms with Crippen LogP contribution in [0.1, 0.15) is 51.3 Å². The van der Waals surface area contributed by atoms with Crippen molar-refractivity contribution >= 4 is 38.9 Å². The van der Waals surface area contributed by atoms with Crippen molar-refractivity contribution in [3.8, 4) is 10.4 Å². The Balaban J connectivity index is 1.40. The number of rotatable bonds is 5. The Kier molecular flexibility index (Phi) is 6.65. The standard InChI is InChI=1S/C27H34N4O5S2/c1-16-22(37-15-28-16)17-6-8-18(9-7-17)27(4)13-20(29-25(27)34)21-12-19(32)14-30(21)24(33)23-26(2,3)10-11-31(23)38(5,35)36/h6-9,15,19,21,23,32H,10-14H2,1-5H3/t19-,21-,23+,27+/m1/s1. The fraction of sp³-hybridized carbons (Fsp3) is 0.556. The van der Waals surface area contributed by atoms with Crippen molar-refractivity contribution in [3.05, 3.63) is 41.0 Å². The first-order valence-electron chi connectivity index (χ1n) is 12.8. The van der Waals surface area contributed by atoms with Gasteiger partial charge in [-0.05, 0) is 36.8 Å². The highest BCUT2D eigenvalue weighted by atomic mass is 32.2. The first-order valence-corrected chi connectivity index (χ1v) is 15.5. The van der Waals surface area contributed by atoms with Gasteiger partial charge >= 0.3 is 0 Å². The number of thiazole rings is 1. The SMILES string of the molecule is Cc1ncsc1-c1ccc([C@]2(C)CC([C@H]3C[C@@H](O)CN3C(=O)[C@@H]3N(S(C)(=O)=O)CCC3(C)C)=NC2=O)cc1. The van der Waals surface area contributed by atoms with Crippen molar-refractivity contribution in [2.75, 3.05) is 19.3 Å². The van der Waals surface area contributed by atoms with Gasteiger partial charge < -0.3 is 10.0 Å².